The fourth-order valence-corrected chi connectivity index (χ4v) is 3.15. The highest BCUT2D eigenvalue weighted by molar-refractivity contribution is 14.1. The van der Waals surface area contributed by atoms with Gasteiger partial charge in [-0.3, -0.25) is 0 Å². The monoisotopic (exact) mass is 404 g/mol. The summed E-state index contributed by atoms with van der Waals surface area (Å²) in [6, 6.07) is 13.2. The molecular formula is C14H10ClIO2S. The third-order valence-electron chi connectivity index (χ3n) is 2.40. The number of esters is 1. The first kappa shape index (κ1) is 14.7. The Morgan fingerprint density at radius 2 is 1.79 bits per heavy atom. The van der Waals surface area contributed by atoms with Gasteiger partial charge in [0.05, 0.1) is 17.7 Å². The molecule has 0 N–H and O–H groups in total. The standard InChI is InChI=1S/C14H10ClIO2S/c1-18-14(17)9-2-4-10(5-3-9)19-11-6-7-12(15)13(16)8-11/h2-8H,1H3. The Morgan fingerprint density at radius 1 is 1.16 bits per heavy atom. The summed E-state index contributed by atoms with van der Waals surface area (Å²) in [5.74, 6) is -0.322. The molecule has 0 saturated carbocycles. The molecule has 0 aliphatic heterocycles. The van der Waals surface area contributed by atoms with Crippen molar-refractivity contribution in [3.63, 3.8) is 0 Å². The Balaban J connectivity index is 2.15. The lowest BCUT2D eigenvalue weighted by molar-refractivity contribution is 0.0600. The van der Waals surface area contributed by atoms with Crippen molar-refractivity contribution in [2.75, 3.05) is 7.11 Å². The van der Waals surface area contributed by atoms with E-state index in [0.717, 1.165) is 18.4 Å². The van der Waals surface area contributed by atoms with Crippen molar-refractivity contribution >= 4 is 51.9 Å². The fraction of sp³-hybridized carbons (Fsp3) is 0.0714. The molecule has 2 aromatic carbocycles. The highest BCUT2D eigenvalue weighted by Crippen LogP contribution is 2.31. The van der Waals surface area contributed by atoms with Crippen LogP contribution in [0.15, 0.2) is 52.3 Å². The second-order valence-corrected chi connectivity index (χ2v) is 6.41. The van der Waals surface area contributed by atoms with Gasteiger partial charge in [-0.2, -0.15) is 0 Å². The Bertz CT molecular complexity index is 599. The number of hydrogen-bond acceptors (Lipinski definition) is 3. The summed E-state index contributed by atoms with van der Waals surface area (Å²) < 4.78 is 5.69. The third-order valence-corrected chi connectivity index (χ3v) is 4.94. The minimum atomic E-state index is -0.322. The first-order chi connectivity index (χ1) is 9.10. The molecule has 0 amide bonds. The molecule has 0 unspecified atom stereocenters. The molecule has 2 nitrogen and oxygen atoms in total. The van der Waals surface area contributed by atoms with Crippen LogP contribution in [0.5, 0.6) is 0 Å². The molecule has 0 aliphatic rings. The summed E-state index contributed by atoms with van der Waals surface area (Å²) in [6.45, 7) is 0. The average Bonchev–Trinajstić information content (AvgIpc) is 2.43. The lowest BCUT2D eigenvalue weighted by atomic mass is 10.2. The van der Waals surface area contributed by atoms with E-state index in [2.05, 4.69) is 27.3 Å². The van der Waals surface area contributed by atoms with E-state index in [1.165, 1.54) is 7.11 Å². The van der Waals surface area contributed by atoms with Crippen LogP contribution in [0.3, 0.4) is 0 Å². The summed E-state index contributed by atoms with van der Waals surface area (Å²) in [4.78, 5) is 13.5. The summed E-state index contributed by atoms with van der Waals surface area (Å²) >= 11 is 9.82. The van der Waals surface area contributed by atoms with Crippen molar-refractivity contribution in [1.82, 2.24) is 0 Å². The zero-order valence-electron chi connectivity index (χ0n) is 10.0. The van der Waals surface area contributed by atoms with E-state index in [1.807, 2.05) is 30.3 Å². The number of carbonyl (C=O) groups is 1. The van der Waals surface area contributed by atoms with Crippen LogP contribution in [0.1, 0.15) is 10.4 Å². The maximum atomic E-state index is 11.3. The molecule has 98 valence electrons. The van der Waals surface area contributed by atoms with E-state index in [1.54, 1.807) is 23.9 Å². The minimum absolute atomic E-state index is 0.322. The maximum Gasteiger partial charge on any atom is 0.337 e. The first-order valence-electron chi connectivity index (χ1n) is 5.41. The molecular weight excluding hydrogens is 395 g/mol. The van der Waals surface area contributed by atoms with Crippen LogP contribution in [-0.4, -0.2) is 13.1 Å². The third kappa shape index (κ3) is 3.87. The Hall–Kier alpha value is -0.720. The molecule has 0 atom stereocenters. The van der Waals surface area contributed by atoms with Crippen molar-refractivity contribution in [2.24, 2.45) is 0 Å². The fourth-order valence-electron chi connectivity index (χ4n) is 1.45. The van der Waals surface area contributed by atoms with Crippen LogP contribution in [0, 0.1) is 3.57 Å². The Morgan fingerprint density at radius 3 is 2.37 bits per heavy atom. The molecule has 0 spiro atoms. The zero-order chi connectivity index (χ0) is 13.8. The number of ether oxygens (including phenoxy) is 1. The van der Waals surface area contributed by atoms with E-state index >= 15 is 0 Å². The van der Waals surface area contributed by atoms with Gasteiger partial charge in [0, 0.05) is 13.4 Å². The van der Waals surface area contributed by atoms with Gasteiger partial charge < -0.3 is 4.74 Å². The van der Waals surface area contributed by atoms with E-state index in [0.29, 0.717) is 5.56 Å². The molecule has 0 bridgehead atoms. The lowest BCUT2D eigenvalue weighted by Gasteiger charge is -2.04. The summed E-state index contributed by atoms with van der Waals surface area (Å²) in [7, 11) is 1.38. The van der Waals surface area contributed by atoms with Crippen molar-refractivity contribution in [2.45, 2.75) is 9.79 Å². The van der Waals surface area contributed by atoms with E-state index < -0.39 is 0 Å². The number of halogens is 2. The van der Waals surface area contributed by atoms with Gasteiger partial charge in [0.1, 0.15) is 0 Å². The molecule has 0 fully saturated rings. The predicted molar refractivity (Wildman–Crippen MR) is 86.1 cm³/mol. The number of rotatable bonds is 3. The van der Waals surface area contributed by atoms with E-state index in [-0.39, 0.29) is 5.97 Å². The molecule has 0 aromatic heterocycles. The van der Waals surface area contributed by atoms with Gasteiger partial charge in [0.2, 0.25) is 0 Å². The van der Waals surface area contributed by atoms with Crippen LogP contribution >= 0.6 is 46.0 Å². The van der Waals surface area contributed by atoms with Crippen LogP contribution < -0.4 is 0 Å². The Labute approximate surface area is 134 Å². The Kier molecular flexibility index (Phi) is 5.13. The quantitative estimate of drug-likeness (QED) is 0.538. The lowest BCUT2D eigenvalue weighted by Crippen LogP contribution is -2.00. The highest BCUT2D eigenvalue weighted by Gasteiger charge is 2.05. The highest BCUT2D eigenvalue weighted by atomic mass is 127. The molecule has 0 heterocycles. The largest absolute Gasteiger partial charge is 0.465 e. The van der Waals surface area contributed by atoms with E-state index in [9.17, 15) is 4.79 Å². The molecule has 0 aliphatic carbocycles. The molecule has 2 aromatic rings. The average molecular weight is 405 g/mol. The topological polar surface area (TPSA) is 26.3 Å². The smallest absolute Gasteiger partial charge is 0.337 e. The van der Waals surface area contributed by atoms with Gasteiger partial charge in [-0.05, 0) is 65.1 Å². The summed E-state index contributed by atoms with van der Waals surface area (Å²) in [6.07, 6.45) is 0. The second kappa shape index (κ2) is 6.63. The molecule has 19 heavy (non-hydrogen) atoms. The minimum Gasteiger partial charge on any atom is -0.465 e. The van der Waals surface area contributed by atoms with Gasteiger partial charge in [0.15, 0.2) is 0 Å². The molecule has 2 rings (SSSR count). The normalized spacial score (nSPS) is 10.3. The zero-order valence-corrected chi connectivity index (χ0v) is 13.8. The SMILES string of the molecule is COC(=O)c1ccc(Sc2ccc(Cl)c(I)c2)cc1. The van der Waals surface area contributed by atoms with Crippen LogP contribution in [0.25, 0.3) is 0 Å². The molecule has 0 saturated heterocycles. The van der Waals surface area contributed by atoms with Crippen LogP contribution in [0.4, 0.5) is 0 Å². The van der Waals surface area contributed by atoms with Gasteiger partial charge in [-0.25, -0.2) is 4.79 Å². The number of methoxy groups -OCH3 is 1. The predicted octanol–water partition coefficient (Wildman–Crippen LogP) is 4.88. The van der Waals surface area contributed by atoms with Gasteiger partial charge in [-0.1, -0.05) is 23.4 Å². The van der Waals surface area contributed by atoms with Crippen LogP contribution in [0.2, 0.25) is 5.02 Å². The van der Waals surface area contributed by atoms with Gasteiger partial charge >= 0.3 is 5.97 Å². The first-order valence-corrected chi connectivity index (χ1v) is 7.69. The number of hydrogen-bond donors (Lipinski definition) is 0. The van der Waals surface area contributed by atoms with E-state index in [4.69, 9.17) is 11.6 Å². The number of carbonyl (C=O) groups excluding carboxylic acids is 1. The van der Waals surface area contributed by atoms with Crippen molar-refractivity contribution in [3.8, 4) is 0 Å². The number of benzene rings is 2. The summed E-state index contributed by atoms with van der Waals surface area (Å²) in [5.41, 5.74) is 0.553. The summed E-state index contributed by atoms with van der Waals surface area (Å²) in [5, 5.41) is 0.756. The molecule has 5 heteroatoms. The maximum absolute atomic E-state index is 11.3. The molecule has 0 radical (unpaired) electrons. The van der Waals surface area contributed by atoms with Crippen molar-refractivity contribution in [1.29, 1.82) is 0 Å². The van der Waals surface area contributed by atoms with Gasteiger partial charge in [0.25, 0.3) is 0 Å². The van der Waals surface area contributed by atoms with Crippen molar-refractivity contribution < 1.29 is 9.53 Å². The van der Waals surface area contributed by atoms with Crippen molar-refractivity contribution in [3.05, 3.63) is 56.6 Å². The second-order valence-electron chi connectivity index (χ2n) is 3.69. The van der Waals surface area contributed by atoms with Crippen LogP contribution in [-0.2, 0) is 4.74 Å². The van der Waals surface area contributed by atoms with Gasteiger partial charge in [-0.15, -0.1) is 0 Å².